The Morgan fingerprint density at radius 3 is 2.05 bits per heavy atom. The van der Waals surface area contributed by atoms with E-state index in [2.05, 4.69) is 29.2 Å². The van der Waals surface area contributed by atoms with Gasteiger partial charge < -0.3 is 19.3 Å². The van der Waals surface area contributed by atoms with Crippen molar-refractivity contribution in [2.75, 3.05) is 49.9 Å². The van der Waals surface area contributed by atoms with Crippen LogP contribution in [0.25, 0.3) is 0 Å². The van der Waals surface area contributed by atoms with Crippen molar-refractivity contribution in [1.29, 1.82) is 0 Å². The van der Waals surface area contributed by atoms with Crippen LogP contribution >= 0.6 is 11.8 Å². The molecule has 0 aliphatic rings. The second-order valence-corrected chi connectivity index (χ2v) is 10.9. The minimum atomic E-state index is -0.519. The van der Waals surface area contributed by atoms with E-state index in [1.807, 2.05) is 44.4 Å². The SMILES string of the molecule is COC(=O)CN(C(=O)[C@@H](CCc1ccccc1)CSC(C)=O)c1ccc(OCCc2ccc(N(C)C)cc2)cc1. The first-order chi connectivity index (χ1) is 19.3. The summed E-state index contributed by atoms with van der Waals surface area (Å²) in [6, 6.07) is 25.4. The van der Waals surface area contributed by atoms with Gasteiger partial charge in [-0.2, -0.15) is 0 Å². The predicted octanol–water partition coefficient (Wildman–Crippen LogP) is 5.41. The van der Waals surface area contributed by atoms with Crippen LogP contribution in [-0.2, 0) is 32.0 Å². The van der Waals surface area contributed by atoms with E-state index in [1.54, 1.807) is 24.3 Å². The summed E-state index contributed by atoms with van der Waals surface area (Å²) >= 11 is 1.13. The maximum atomic E-state index is 13.8. The van der Waals surface area contributed by atoms with Crippen LogP contribution in [-0.4, -0.2) is 57.1 Å². The Kier molecular flexibility index (Phi) is 12.1. The Hall–Kier alpha value is -3.78. The normalized spacial score (nSPS) is 11.4. The van der Waals surface area contributed by atoms with E-state index in [1.165, 1.54) is 24.5 Å². The van der Waals surface area contributed by atoms with E-state index in [4.69, 9.17) is 9.47 Å². The Morgan fingerprint density at radius 2 is 1.45 bits per heavy atom. The Labute approximate surface area is 241 Å². The number of carbonyl (C=O) groups excluding carboxylic acids is 3. The molecule has 0 saturated heterocycles. The van der Waals surface area contributed by atoms with E-state index in [0.717, 1.165) is 29.4 Å². The Bertz CT molecular complexity index is 1230. The molecule has 8 heteroatoms. The molecule has 0 spiro atoms. The Balaban J connectivity index is 1.69. The molecule has 0 N–H and O–H groups in total. The lowest BCUT2D eigenvalue weighted by atomic mass is 9.99. The zero-order valence-corrected chi connectivity index (χ0v) is 24.5. The first-order valence-electron chi connectivity index (χ1n) is 13.3. The number of hydrogen-bond donors (Lipinski definition) is 0. The minimum Gasteiger partial charge on any atom is -0.493 e. The molecule has 0 aromatic heterocycles. The number of hydrogen-bond acceptors (Lipinski definition) is 7. The zero-order chi connectivity index (χ0) is 28.9. The van der Waals surface area contributed by atoms with Crippen molar-refractivity contribution in [3.8, 4) is 5.75 Å². The molecule has 3 rings (SSSR count). The number of esters is 1. The average Bonchev–Trinajstić information content (AvgIpc) is 2.96. The van der Waals surface area contributed by atoms with Crippen molar-refractivity contribution in [3.05, 3.63) is 90.0 Å². The average molecular weight is 563 g/mol. The predicted molar refractivity (Wildman–Crippen MR) is 162 cm³/mol. The highest BCUT2D eigenvalue weighted by Gasteiger charge is 2.28. The van der Waals surface area contributed by atoms with Crippen LogP contribution in [0.5, 0.6) is 5.75 Å². The molecule has 0 radical (unpaired) electrons. The first-order valence-corrected chi connectivity index (χ1v) is 14.3. The summed E-state index contributed by atoms with van der Waals surface area (Å²) in [5.41, 5.74) is 4.01. The van der Waals surface area contributed by atoms with Gasteiger partial charge in [-0.1, -0.05) is 54.2 Å². The number of nitrogens with zero attached hydrogens (tertiary/aromatic N) is 2. The fourth-order valence-electron chi connectivity index (χ4n) is 4.16. The lowest BCUT2D eigenvalue weighted by molar-refractivity contribution is -0.140. The number of methoxy groups -OCH3 is 1. The molecule has 3 aromatic carbocycles. The number of rotatable bonds is 14. The molecule has 0 unspecified atom stereocenters. The fraction of sp³-hybridized carbons (Fsp3) is 0.344. The Morgan fingerprint density at radius 1 is 0.825 bits per heavy atom. The molecule has 1 amide bonds. The van der Waals surface area contributed by atoms with Crippen molar-refractivity contribution >= 4 is 40.1 Å². The molecule has 1 atom stereocenters. The number of benzene rings is 3. The molecule has 40 heavy (non-hydrogen) atoms. The second kappa shape index (κ2) is 15.7. The van der Waals surface area contributed by atoms with Crippen LogP contribution in [0.3, 0.4) is 0 Å². The standard InChI is InChI=1S/C32H38N2O5S/c1-24(35)40-23-27(13-10-25-8-6-5-7-9-25)32(37)34(22-31(36)38-4)29-16-18-30(19-17-29)39-21-20-26-11-14-28(15-12-26)33(2)3/h5-9,11-12,14-19,27H,10,13,20-23H2,1-4H3/t27-/m0/s1. The number of anilines is 2. The van der Waals surface area contributed by atoms with Gasteiger partial charge in [0, 0.05) is 50.5 Å². The highest BCUT2D eigenvalue weighted by atomic mass is 32.2. The molecule has 0 aliphatic heterocycles. The molecular formula is C32H38N2O5S. The van der Waals surface area contributed by atoms with E-state index < -0.39 is 11.9 Å². The smallest absolute Gasteiger partial charge is 0.325 e. The maximum Gasteiger partial charge on any atom is 0.325 e. The number of thioether (sulfide) groups is 1. The summed E-state index contributed by atoms with van der Waals surface area (Å²) < 4.78 is 10.8. The lowest BCUT2D eigenvalue weighted by Gasteiger charge is -2.27. The summed E-state index contributed by atoms with van der Waals surface area (Å²) in [5, 5.41) is -0.0489. The van der Waals surface area contributed by atoms with Gasteiger partial charge in [0.2, 0.25) is 5.91 Å². The van der Waals surface area contributed by atoms with Crippen molar-refractivity contribution in [1.82, 2.24) is 0 Å². The molecule has 0 aliphatic carbocycles. The van der Waals surface area contributed by atoms with Crippen LogP contribution in [0.15, 0.2) is 78.9 Å². The van der Waals surface area contributed by atoms with Crippen molar-refractivity contribution in [2.45, 2.75) is 26.2 Å². The molecule has 0 bridgehead atoms. The topological polar surface area (TPSA) is 76.1 Å². The molecule has 0 heterocycles. The number of carbonyl (C=O) groups is 3. The third-order valence-corrected chi connectivity index (χ3v) is 7.48. The monoisotopic (exact) mass is 562 g/mol. The zero-order valence-electron chi connectivity index (χ0n) is 23.7. The van der Waals surface area contributed by atoms with Gasteiger partial charge in [-0.15, -0.1) is 0 Å². The number of ether oxygens (including phenoxy) is 2. The second-order valence-electron chi connectivity index (χ2n) is 9.68. The van der Waals surface area contributed by atoms with E-state index in [-0.39, 0.29) is 17.6 Å². The summed E-state index contributed by atoms with van der Waals surface area (Å²) in [6.07, 6.45) is 2.00. The van der Waals surface area contributed by atoms with Gasteiger partial charge in [0.05, 0.1) is 13.7 Å². The highest BCUT2D eigenvalue weighted by molar-refractivity contribution is 8.13. The van der Waals surface area contributed by atoms with Gasteiger partial charge in [0.15, 0.2) is 5.12 Å². The third kappa shape index (κ3) is 9.75. The van der Waals surface area contributed by atoms with Gasteiger partial charge in [0.1, 0.15) is 12.3 Å². The van der Waals surface area contributed by atoms with Gasteiger partial charge in [-0.3, -0.25) is 14.4 Å². The van der Waals surface area contributed by atoms with Crippen LogP contribution in [0, 0.1) is 5.92 Å². The van der Waals surface area contributed by atoms with Gasteiger partial charge in [-0.25, -0.2) is 0 Å². The van der Waals surface area contributed by atoms with E-state index >= 15 is 0 Å². The summed E-state index contributed by atoms with van der Waals surface area (Å²) in [5.74, 6) is -0.171. The molecule has 3 aromatic rings. The van der Waals surface area contributed by atoms with Crippen LogP contribution in [0.4, 0.5) is 11.4 Å². The highest BCUT2D eigenvalue weighted by Crippen LogP contribution is 2.25. The minimum absolute atomic E-state index is 0.0489. The van der Waals surface area contributed by atoms with Crippen molar-refractivity contribution in [2.24, 2.45) is 5.92 Å². The van der Waals surface area contributed by atoms with E-state index in [9.17, 15) is 14.4 Å². The van der Waals surface area contributed by atoms with Gasteiger partial charge in [0.25, 0.3) is 0 Å². The molecular weight excluding hydrogens is 524 g/mol. The van der Waals surface area contributed by atoms with Crippen LogP contribution < -0.4 is 14.5 Å². The molecule has 7 nitrogen and oxygen atoms in total. The van der Waals surface area contributed by atoms with E-state index in [0.29, 0.717) is 36.6 Å². The summed E-state index contributed by atoms with van der Waals surface area (Å²) in [4.78, 5) is 41.2. The van der Waals surface area contributed by atoms with Crippen molar-refractivity contribution in [3.63, 3.8) is 0 Å². The van der Waals surface area contributed by atoms with Gasteiger partial charge in [-0.05, 0) is 60.4 Å². The summed E-state index contributed by atoms with van der Waals surface area (Å²) in [6.45, 7) is 1.79. The fourth-order valence-corrected chi connectivity index (χ4v) is 4.91. The van der Waals surface area contributed by atoms with Crippen LogP contribution in [0.1, 0.15) is 24.5 Å². The molecule has 212 valence electrons. The number of aryl methyl sites for hydroxylation is 1. The third-order valence-electron chi connectivity index (χ3n) is 6.50. The largest absolute Gasteiger partial charge is 0.493 e. The quantitative estimate of drug-likeness (QED) is 0.243. The maximum absolute atomic E-state index is 13.8. The first kappa shape index (κ1) is 30.8. The van der Waals surface area contributed by atoms with Gasteiger partial charge >= 0.3 is 5.97 Å². The van der Waals surface area contributed by atoms with Crippen LogP contribution in [0.2, 0.25) is 0 Å². The molecule has 0 fully saturated rings. The number of amides is 1. The van der Waals surface area contributed by atoms with Crippen molar-refractivity contribution < 1.29 is 23.9 Å². The lowest BCUT2D eigenvalue weighted by Crippen LogP contribution is -2.41. The summed E-state index contributed by atoms with van der Waals surface area (Å²) in [7, 11) is 5.32. The molecule has 0 saturated carbocycles.